The van der Waals surface area contributed by atoms with E-state index in [0.717, 1.165) is 87.7 Å². The van der Waals surface area contributed by atoms with Crippen molar-refractivity contribution in [1.29, 1.82) is 0 Å². The van der Waals surface area contributed by atoms with Crippen LogP contribution in [0, 0.1) is 0 Å². The summed E-state index contributed by atoms with van der Waals surface area (Å²) >= 11 is 5.96. The molecule has 0 unspecified atom stereocenters. The molecule has 3 N–H and O–H groups in total. The Morgan fingerprint density at radius 1 is 0.862 bits per heavy atom. The standard InChI is InChI=1S/C23H31ClN2O3/c24-18-9-7-17(8-10-18)23(29)11-15-25(16-12-23)13-3-4-14-26-21(27)19-5-1-2-6-20(19)22(26)28/h7-10,27-29H,1-6,11-16H2. The summed E-state index contributed by atoms with van der Waals surface area (Å²) in [6.45, 7) is 3.35. The Balaban J connectivity index is 1.25. The molecule has 0 spiro atoms. The van der Waals surface area contributed by atoms with Gasteiger partial charge in [-0.1, -0.05) is 23.7 Å². The molecule has 0 radical (unpaired) electrons. The maximum Gasteiger partial charge on any atom is 0.197 e. The normalized spacial score (nSPS) is 19.2. The van der Waals surface area contributed by atoms with Gasteiger partial charge in [0.1, 0.15) is 0 Å². The average molecular weight is 419 g/mol. The highest BCUT2D eigenvalue weighted by Gasteiger charge is 2.33. The Morgan fingerprint density at radius 2 is 1.41 bits per heavy atom. The Labute approximate surface area is 177 Å². The molecule has 2 aliphatic rings. The summed E-state index contributed by atoms with van der Waals surface area (Å²) in [7, 11) is 0. The minimum absolute atomic E-state index is 0.267. The first-order valence-electron chi connectivity index (χ1n) is 10.8. The van der Waals surface area contributed by atoms with Gasteiger partial charge in [0.15, 0.2) is 11.8 Å². The molecular formula is C23H31ClN2O3. The lowest BCUT2D eigenvalue weighted by Gasteiger charge is -2.38. The molecule has 2 aromatic rings. The molecule has 6 heteroatoms. The monoisotopic (exact) mass is 418 g/mol. The molecule has 1 fully saturated rings. The number of nitrogens with zero attached hydrogens (tertiary/aromatic N) is 2. The summed E-state index contributed by atoms with van der Waals surface area (Å²) in [5, 5.41) is 32.6. The van der Waals surface area contributed by atoms with Crippen LogP contribution in [0.4, 0.5) is 0 Å². The van der Waals surface area contributed by atoms with Crippen molar-refractivity contribution in [2.24, 2.45) is 0 Å². The maximum absolute atomic E-state index is 11.0. The summed E-state index contributed by atoms with van der Waals surface area (Å²) in [5.41, 5.74) is 2.09. The fraction of sp³-hybridized carbons (Fsp3) is 0.565. The first kappa shape index (κ1) is 20.6. The van der Waals surface area contributed by atoms with Crippen molar-refractivity contribution in [1.82, 2.24) is 9.47 Å². The first-order chi connectivity index (χ1) is 14.0. The van der Waals surface area contributed by atoms with Crippen LogP contribution < -0.4 is 0 Å². The van der Waals surface area contributed by atoms with Crippen molar-refractivity contribution < 1.29 is 15.3 Å². The van der Waals surface area contributed by atoms with Crippen molar-refractivity contribution in [2.75, 3.05) is 19.6 Å². The first-order valence-corrected chi connectivity index (χ1v) is 11.2. The van der Waals surface area contributed by atoms with Crippen LogP contribution in [-0.2, 0) is 25.0 Å². The highest BCUT2D eigenvalue weighted by atomic mass is 35.5. The molecule has 0 saturated carbocycles. The number of rotatable bonds is 6. The van der Waals surface area contributed by atoms with Gasteiger partial charge >= 0.3 is 0 Å². The third-order valence-electron chi connectivity index (χ3n) is 6.69. The van der Waals surface area contributed by atoms with E-state index in [-0.39, 0.29) is 11.8 Å². The quantitative estimate of drug-likeness (QED) is 0.615. The van der Waals surface area contributed by atoms with Gasteiger partial charge in [0.05, 0.1) is 5.60 Å². The molecule has 0 atom stereocenters. The Morgan fingerprint density at radius 3 is 2.00 bits per heavy atom. The van der Waals surface area contributed by atoms with E-state index in [0.29, 0.717) is 11.6 Å². The number of hydrogen-bond donors (Lipinski definition) is 3. The summed E-state index contributed by atoms with van der Waals surface area (Å²) < 4.78 is 1.69. The van der Waals surface area contributed by atoms with Gasteiger partial charge in [-0.25, -0.2) is 0 Å². The lowest BCUT2D eigenvalue weighted by atomic mass is 9.84. The molecule has 158 valence electrons. The number of unbranched alkanes of at least 4 members (excludes halogenated alkanes) is 1. The van der Waals surface area contributed by atoms with Crippen LogP contribution in [0.5, 0.6) is 11.8 Å². The molecule has 0 amide bonds. The lowest BCUT2D eigenvalue weighted by Crippen LogP contribution is -2.42. The van der Waals surface area contributed by atoms with Gasteiger partial charge in [-0.05, 0) is 75.6 Å². The summed E-state index contributed by atoms with van der Waals surface area (Å²) in [4.78, 5) is 2.39. The van der Waals surface area contributed by atoms with Gasteiger partial charge < -0.3 is 20.2 Å². The van der Waals surface area contributed by atoms with Gasteiger partial charge in [0.2, 0.25) is 0 Å². The molecule has 1 aliphatic carbocycles. The zero-order chi connectivity index (χ0) is 20.4. The van der Waals surface area contributed by atoms with Crippen molar-refractivity contribution in [3.63, 3.8) is 0 Å². The highest BCUT2D eigenvalue weighted by molar-refractivity contribution is 6.30. The smallest absolute Gasteiger partial charge is 0.197 e. The molecule has 1 aliphatic heterocycles. The molecule has 4 rings (SSSR count). The minimum Gasteiger partial charge on any atom is -0.494 e. The maximum atomic E-state index is 11.0. The molecular weight excluding hydrogens is 388 g/mol. The molecule has 29 heavy (non-hydrogen) atoms. The van der Waals surface area contributed by atoms with Crippen molar-refractivity contribution in [2.45, 2.75) is 63.5 Å². The van der Waals surface area contributed by atoms with Gasteiger partial charge in [-0.15, -0.1) is 0 Å². The number of benzene rings is 1. The van der Waals surface area contributed by atoms with Crippen LogP contribution in [0.1, 0.15) is 55.2 Å². The van der Waals surface area contributed by atoms with Gasteiger partial charge in [-0.2, -0.15) is 0 Å². The number of piperidine rings is 1. The van der Waals surface area contributed by atoms with E-state index in [9.17, 15) is 15.3 Å². The van der Waals surface area contributed by atoms with Crippen LogP contribution >= 0.6 is 11.6 Å². The van der Waals surface area contributed by atoms with Crippen LogP contribution in [0.3, 0.4) is 0 Å². The number of likely N-dealkylation sites (tertiary alicyclic amines) is 1. The topological polar surface area (TPSA) is 68.9 Å². The minimum atomic E-state index is -0.761. The average Bonchev–Trinajstić information content (AvgIpc) is 2.98. The third-order valence-corrected chi connectivity index (χ3v) is 6.94. The van der Waals surface area contributed by atoms with Crippen molar-refractivity contribution in [3.05, 3.63) is 46.0 Å². The van der Waals surface area contributed by atoms with Crippen LogP contribution in [-0.4, -0.2) is 44.4 Å². The predicted molar refractivity (Wildman–Crippen MR) is 115 cm³/mol. The number of hydrogen-bond acceptors (Lipinski definition) is 4. The molecule has 2 heterocycles. The van der Waals surface area contributed by atoms with E-state index in [4.69, 9.17) is 11.6 Å². The zero-order valence-electron chi connectivity index (χ0n) is 16.9. The highest BCUT2D eigenvalue weighted by Crippen LogP contribution is 2.39. The number of fused-ring (bicyclic) bond motifs is 1. The second-order valence-electron chi connectivity index (χ2n) is 8.55. The zero-order valence-corrected chi connectivity index (χ0v) is 17.7. The van der Waals surface area contributed by atoms with E-state index >= 15 is 0 Å². The number of halogens is 1. The second-order valence-corrected chi connectivity index (χ2v) is 8.99. The SMILES string of the molecule is Oc1c2c(c(O)n1CCCCN1CCC(O)(c3ccc(Cl)cc3)CC1)CCCC2. The van der Waals surface area contributed by atoms with E-state index in [1.54, 1.807) is 4.57 Å². The number of aliphatic hydroxyl groups is 1. The van der Waals surface area contributed by atoms with E-state index in [1.807, 2.05) is 24.3 Å². The molecule has 1 aromatic carbocycles. The van der Waals surface area contributed by atoms with Gasteiger partial charge in [0.25, 0.3) is 0 Å². The van der Waals surface area contributed by atoms with Crippen molar-refractivity contribution in [3.8, 4) is 11.8 Å². The molecule has 1 saturated heterocycles. The number of aromatic nitrogens is 1. The third kappa shape index (κ3) is 4.27. The Bertz CT molecular complexity index is 809. The fourth-order valence-corrected chi connectivity index (χ4v) is 4.96. The van der Waals surface area contributed by atoms with E-state index in [1.165, 1.54) is 0 Å². The van der Waals surface area contributed by atoms with E-state index in [2.05, 4.69) is 4.90 Å². The molecule has 5 nitrogen and oxygen atoms in total. The van der Waals surface area contributed by atoms with Crippen LogP contribution in [0.2, 0.25) is 5.02 Å². The summed E-state index contributed by atoms with van der Waals surface area (Å²) in [5.74, 6) is 0.534. The lowest BCUT2D eigenvalue weighted by molar-refractivity contribution is -0.0261. The van der Waals surface area contributed by atoms with Gasteiger partial charge in [-0.3, -0.25) is 4.57 Å². The van der Waals surface area contributed by atoms with Crippen LogP contribution in [0.15, 0.2) is 24.3 Å². The summed E-state index contributed by atoms with van der Waals surface area (Å²) in [6, 6.07) is 7.53. The second kappa shape index (κ2) is 8.58. The Kier molecular flexibility index (Phi) is 6.09. The van der Waals surface area contributed by atoms with Crippen LogP contribution in [0.25, 0.3) is 0 Å². The predicted octanol–water partition coefficient (Wildman–Crippen LogP) is 4.20. The Hall–Kier alpha value is -1.69. The molecule has 1 aromatic heterocycles. The molecule has 0 bridgehead atoms. The van der Waals surface area contributed by atoms with Crippen molar-refractivity contribution >= 4 is 11.6 Å². The largest absolute Gasteiger partial charge is 0.494 e. The fourth-order valence-electron chi connectivity index (χ4n) is 4.84. The summed E-state index contributed by atoms with van der Waals surface area (Å²) in [6.07, 6.45) is 7.26. The van der Waals surface area contributed by atoms with E-state index < -0.39 is 5.60 Å². The van der Waals surface area contributed by atoms with Gasteiger partial charge in [0, 0.05) is 35.8 Å². The number of aromatic hydroxyl groups is 2.